The summed E-state index contributed by atoms with van der Waals surface area (Å²) in [6.07, 6.45) is 0. The Morgan fingerprint density at radius 3 is 2.32 bits per heavy atom. The Labute approximate surface area is 119 Å². The molecular formula is C15H14BrF2N. The van der Waals surface area contributed by atoms with Crippen LogP contribution in [0.4, 0.5) is 14.5 Å². The third kappa shape index (κ3) is 3.32. The highest BCUT2D eigenvalue weighted by Crippen LogP contribution is 2.30. The fourth-order valence-electron chi connectivity index (χ4n) is 1.84. The lowest BCUT2D eigenvalue weighted by Crippen LogP contribution is -2.08. The number of aryl methyl sites for hydroxylation is 1. The average Bonchev–Trinajstić information content (AvgIpc) is 2.34. The molecule has 0 bridgehead atoms. The molecule has 0 amide bonds. The standard InChI is InChI=1S/C15H14BrF2N/c1-9-3-5-11(6-4-9)10(2)19-15-13(16)7-12(17)8-14(15)18/h3-8,10,19H,1-2H3. The molecule has 2 aromatic rings. The van der Waals surface area contributed by atoms with Crippen molar-refractivity contribution in [1.29, 1.82) is 0 Å². The zero-order chi connectivity index (χ0) is 14.0. The van der Waals surface area contributed by atoms with E-state index in [1.807, 2.05) is 38.1 Å². The predicted octanol–water partition coefficient (Wildman–Crippen LogP) is 5.21. The molecule has 0 aliphatic heterocycles. The lowest BCUT2D eigenvalue weighted by atomic mass is 10.1. The van der Waals surface area contributed by atoms with Crippen molar-refractivity contribution in [3.05, 3.63) is 63.6 Å². The zero-order valence-corrected chi connectivity index (χ0v) is 12.3. The third-order valence-electron chi connectivity index (χ3n) is 2.95. The maximum Gasteiger partial charge on any atom is 0.150 e. The summed E-state index contributed by atoms with van der Waals surface area (Å²) in [5.41, 5.74) is 2.49. The molecule has 19 heavy (non-hydrogen) atoms. The molecule has 2 aromatic carbocycles. The van der Waals surface area contributed by atoms with Crippen molar-refractivity contribution in [3.63, 3.8) is 0 Å². The van der Waals surface area contributed by atoms with E-state index in [4.69, 9.17) is 0 Å². The van der Waals surface area contributed by atoms with Crippen molar-refractivity contribution in [2.24, 2.45) is 0 Å². The average molecular weight is 326 g/mol. The van der Waals surface area contributed by atoms with Crippen LogP contribution in [0.2, 0.25) is 0 Å². The summed E-state index contributed by atoms with van der Waals surface area (Å²) in [6.45, 7) is 3.94. The number of anilines is 1. The monoisotopic (exact) mass is 325 g/mol. The molecule has 0 aliphatic rings. The molecule has 2 rings (SSSR count). The maximum atomic E-state index is 13.7. The Morgan fingerprint density at radius 2 is 1.74 bits per heavy atom. The van der Waals surface area contributed by atoms with Gasteiger partial charge in [0, 0.05) is 16.6 Å². The first kappa shape index (κ1) is 14.0. The van der Waals surface area contributed by atoms with Gasteiger partial charge in [-0.25, -0.2) is 8.78 Å². The normalized spacial score (nSPS) is 12.3. The van der Waals surface area contributed by atoms with Gasteiger partial charge in [-0.2, -0.15) is 0 Å². The van der Waals surface area contributed by atoms with Crippen LogP contribution in [0.3, 0.4) is 0 Å². The summed E-state index contributed by atoms with van der Waals surface area (Å²) in [5.74, 6) is -1.20. The van der Waals surface area contributed by atoms with Crippen LogP contribution in [-0.4, -0.2) is 0 Å². The highest BCUT2D eigenvalue weighted by Gasteiger charge is 2.13. The van der Waals surface area contributed by atoms with Crippen LogP contribution in [0, 0.1) is 18.6 Å². The van der Waals surface area contributed by atoms with E-state index in [-0.39, 0.29) is 11.7 Å². The molecular weight excluding hydrogens is 312 g/mol. The highest BCUT2D eigenvalue weighted by atomic mass is 79.9. The number of hydrogen-bond acceptors (Lipinski definition) is 1. The van der Waals surface area contributed by atoms with Gasteiger partial charge in [-0.05, 0) is 41.4 Å². The molecule has 1 unspecified atom stereocenters. The van der Waals surface area contributed by atoms with Crippen LogP contribution in [-0.2, 0) is 0 Å². The van der Waals surface area contributed by atoms with Crippen molar-refractivity contribution in [2.45, 2.75) is 19.9 Å². The SMILES string of the molecule is Cc1ccc(C(C)Nc2c(F)cc(F)cc2Br)cc1. The first-order valence-corrected chi connectivity index (χ1v) is 6.74. The van der Waals surface area contributed by atoms with Crippen molar-refractivity contribution in [2.75, 3.05) is 5.32 Å². The molecule has 4 heteroatoms. The van der Waals surface area contributed by atoms with Crippen LogP contribution in [0.25, 0.3) is 0 Å². The van der Waals surface area contributed by atoms with Crippen LogP contribution in [0.15, 0.2) is 40.9 Å². The van der Waals surface area contributed by atoms with E-state index in [1.165, 1.54) is 11.6 Å². The van der Waals surface area contributed by atoms with Crippen molar-refractivity contribution < 1.29 is 8.78 Å². The topological polar surface area (TPSA) is 12.0 Å². The lowest BCUT2D eigenvalue weighted by molar-refractivity contribution is 0.582. The van der Waals surface area contributed by atoms with Crippen molar-refractivity contribution >= 4 is 21.6 Å². The van der Waals surface area contributed by atoms with Crippen molar-refractivity contribution in [3.8, 4) is 0 Å². The predicted molar refractivity (Wildman–Crippen MR) is 77.3 cm³/mol. The summed E-state index contributed by atoms with van der Waals surface area (Å²) in [7, 11) is 0. The molecule has 0 fully saturated rings. The molecule has 0 aromatic heterocycles. The highest BCUT2D eigenvalue weighted by molar-refractivity contribution is 9.10. The Bertz CT molecular complexity index is 558. The van der Waals surface area contributed by atoms with Gasteiger partial charge in [0.1, 0.15) is 11.6 Å². The van der Waals surface area contributed by atoms with Crippen LogP contribution >= 0.6 is 15.9 Å². The molecule has 100 valence electrons. The summed E-state index contributed by atoms with van der Waals surface area (Å²) >= 11 is 3.17. The van der Waals surface area contributed by atoms with E-state index < -0.39 is 11.6 Å². The molecule has 0 radical (unpaired) electrons. The lowest BCUT2D eigenvalue weighted by Gasteiger charge is -2.17. The molecule has 0 spiro atoms. The number of hydrogen-bond donors (Lipinski definition) is 1. The summed E-state index contributed by atoms with van der Waals surface area (Å²) < 4.78 is 27.1. The van der Waals surface area contributed by atoms with E-state index in [9.17, 15) is 8.78 Å². The summed E-state index contributed by atoms with van der Waals surface area (Å²) in [4.78, 5) is 0. The molecule has 0 saturated heterocycles. The van der Waals surface area contributed by atoms with Gasteiger partial charge in [-0.15, -0.1) is 0 Å². The van der Waals surface area contributed by atoms with Gasteiger partial charge in [-0.1, -0.05) is 29.8 Å². The second-order valence-electron chi connectivity index (χ2n) is 4.52. The first-order valence-electron chi connectivity index (χ1n) is 5.95. The molecule has 1 atom stereocenters. The Hall–Kier alpha value is -1.42. The number of nitrogens with one attached hydrogen (secondary N) is 1. The second-order valence-corrected chi connectivity index (χ2v) is 5.38. The Morgan fingerprint density at radius 1 is 1.11 bits per heavy atom. The molecule has 1 N–H and O–H groups in total. The molecule has 0 heterocycles. The fraction of sp³-hybridized carbons (Fsp3) is 0.200. The van der Waals surface area contributed by atoms with Gasteiger partial charge < -0.3 is 5.32 Å². The first-order chi connectivity index (χ1) is 8.97. The summed E-state index contributed by atoms with van der Waals surface area (Å²) in [5, 5.41) is 3.05. The third-order valence-corrected chi connectivity index (χ3v) is 3.57. The van der Waals surface area contributed by atoms with Gasteiger partial charge in [0.05, 0.1) is 5.69 Å². The van der Waals surface area contributed by atoms with E-state index in [2.05, 4.69) is 21.2 Å². The zero-order valence-electron chi connectivity index (χ0n) is 10.7. The number of rotatable bonds is 3. The Kier molecular flexibility index (Phi) is 4.20. The van der Waals surface area contributed by atoms with Crippen LogP contribution in [0.5, 0.6) is 0 Å². The van der Waals surface area contributed by atoms with E-state index >= 15 is 0 Å². The van der Waals surface area contributed by atoms with Gasteiger partial charge in [0.15, 0.2) is 0 Å². The van der Waals surface area contributed by atoms with Gasteiger partial charge in [-0.3, -0.25) is 0 Å². The Balaban J connectivity index is 2.24. The molecule has 1 nitrogen and oxygen atoms in total. The van der Waals surface area contributed by atoms with Crippen molar-refractivity contribution in [1.82, 2.24) is 0 Å². The minimum atomic E-state index is -0.606. The maximum absolute atomic E-state index is 13.7. The quantitative estimate of drug-likeness (QED) is 0.816. The fourth-order valence-corrected chi connectivity index (χ4v) is 2.36. The minimum absolute atomic E-state index is 0.0724. The number of halogens is 3. The minimum Gasteiger partial charge on any atom is -0.375 e. The van der Waals surface area contributed by atoms with Gasteiger partial charge >= 0.3 is 0 Å². The van der Waals surface area contributed by atoms with Gasteiger partial charge in [0.25, 0.3) is 0 Å². The van der Waals surface area contributed by atoms with Crippen LogP contribution in [0.1, 0.15) is 24.1 Å². The number of benzene rings is 2. The smallest absolute Gasteiger partial charge is 0.150 e. The second kappa shape index (κ2) is 5.70. The van der Waals surface area contributed by atoms with Crippen LogP contribution < -0.4 is 5.32 Å². The van der Waals surface area contributed by atoms with E-state index in [0.717, 1.165) is 11.6 Å². The molecule has 0 aliphatic carbocycles. The summed E-state index contributed by atoms with van der Waals surface area (Å²) in [6, 6.07) is 10.0. The van der Waals surface area contributed by atoms with Gasteiger partial charge in [0.2, 0.25) is 0 Å². The largest absolute Gasteiger partial charge is 0.375 e. The van der Waals surface area contributed by atoms with E-state index in [0.29, 0.717) is 4.47 Å². The molecule has 0 saturated carbocycles. The van der Waals surface area contributed by atoms with E-state index in [1.54, 1.807) is 0 Å².